The zero-order valence-electron chi connectivity index (χ0n) is 14.7. The Bertz CT molecular complexity index is 481. The molecule has 1 aromatic rings. The number of likely N-dealkylation sites (tertiary alicyclic amines) is 2. The van der Waals surface area contributed by atoms with Gasteiger partial charge in [-0.3, -0.25) is 9.58 Å². The third kappa shape index (κ3) is 4.78. The van der Waals surface area contributed by atoms with Crippen molar-refractivity contribution in [2.24, 2.45) is 5.92 Å². The molecule has 5 heteroatoms. The molecule has 0 amide bonds. The molecule has 0 radical (unpaired) electrons. The van der Waals surface area contributed by atoms with Gasteiger partial charge in [-0.05, 0) is 63.7 Å². The van der Waals surface area contributed by atoms with Crippen molar-refractivity contribution < 1.29 is 5.11 Å². The number of aliphatic hydroxyl groups excluding tert-OH is 1. The van der Waals surface area contributed by atoms with E-state index in [1.807, 2.05) is 6.20 Å². The molecule has 2 saturated heterocycles. The molecule has 0 unspecified atom stereocenters. The maximum Gasteiger partial charge on any atom is 0.0793 e. The van der Waals surface area contributed by atoms with E-state index in [9.17, 15) is 5.11 Å². The van der Waals surface area contributed by atoms with Gasteiger partial charge >= 0.3 is 0 Å². The predicted molar refractivity (Wildman–Crippen MR) is 92.4 cm³/mol. The van der Waals surface area contributed by atoms with E-state index in [1.54, 1.807) is 0 Å². The van der Waals surface area contributed by atoms with Crippen molar-refractivity contribution in [3.63, 3.8) is 0 Å². The second kappa shape index (κ2) is 7.77. The van der Waals surface area contributed by atoms with Crippen molar-refractivity contribution in [2.75, 3.05) is 32.7 Å². The molecule has 0 saturated carbocycles. The Morgan fingerprint density at radius 1 is 1.22 bits per heavy atom. The van der Waals surface area contributed by atoms with Crippen molar-refractivity contribution in [1.82, 2.24) is 19.6 Å². The Balaban J connectivity index is 1.46. The Morgan fingerprint density at radius 2 is 2.00 bits per heavy atom. The van der Waals surface area contributed by atoms with Gasteiger partial charge in [0.2, 0.25) is 0 Å². The number of hydrogen-bond donors (Lipinski definition) is 1. The highest BCUT2D eigenvalue weighted by Crippen LogP contribution is 2.20. The molecule has 130 valence electrons. The van der Waals surface area contributed by atoms with Crippen molar-refractivity contribution in [3.8, 4) is 0 Å². The molecule has 2 fully saturated rings. The van der Waals surface area contributed by atoms with Crippen LogP contribution in [0.25, 0.3) is 0 Å². The number of piperidine rings is 1. The van der Waals surface area contributed by atoms with E-state index in [1.165, 1.54) is 31.2 Å². The van der Waals surface area contributed by atoms with E-state index in [2.05, 4.69) is 39.6 Å². The molecule has 0 spiro atoms. The van der Waals surface area contributed by atoms with E-state index < -0.39 is 0 Å². The summed E-state index contributed by atoms with van der Waals surface area (Å²) in [5.41, 5.74) is 1.22. The van der Waals surface area contributed by atoms with E-state index in [-0.39, 0.29) is 6.10 Å². The summed E-state index contributed by atoms with van der Waals surface area (Å²) in [7, 11) is 0. The first-order valence-electron chi connectivity index (χ1n) is 9.23. The number of aryl methyl sites for hydroxylation is 1. The summed E-state index contributed by atoms with van der Waals surface area (Å²) < 4.78 is 2.05. The third-order valence-corrected chi connectivity index (χ3v) is 5.45. The van der Waals surface area contributed by atoms with Crippen LogP contribution in [0, 0.1) is 12.8 Å². The second-order valence-corrected chi connectivity index (χ2v) is 7.67. The van der Waals surface area contributed by atoms with Crippen LogP contribution in [0.1, 0.15) is 38.2 Å². The first-order valence-corrected chi connectivity index (χ1v) is 9.23. The maximum atomic E-state index is 10.5. The molecule has 2 atom stereocenters. The fourth-order valence-corrected chi connectivity index (χ4v) is 4.00. The number of aliphatic hydroxyl groups is 1. The lowest BCUT2D eigenvalue weighted by Gasteiger charge is -2.33. The van der Waals surface area contributed by atoms with Crippen molar-refractivity contribution in [2.45, 2.75) is 58.2 Å². The zero-order chi connectivity index (χ0) is 16.2. The smallest absolute Gasteiger partial charge is 0.0793 e. The molecule has 1 aromatic heterocycles. The largest absolute Gasteiger partial charge is 0.390 e. The van der Waals surface area contributed by atoms with Gasteiger partial charge in [0.15, 0.2) is 0 Å². The van der Waals surface area contributed by atoms with Crippen molar-refractivity contribution in [1.29, 1.82) is 0 Å². The fourth-order valence-electron chi connectivity index (χ4n) is 4.00. The number of hydrogen-bond acceptors (Lipinski definition) is 4. The van der Waals surface area contributed by atoms with Gasteiger partial charge in [0, 0.05) is 25.3 Å². The van der Waals surface area contributed by atoms with Crippen molar-refractivity contribution >= 4 is 0 Å². The van der Waals surface area contributed by atoms with Crippen LogP contribution in [0.4, 0.5) is 0 Å². The lowest BCUT2D eigenvalue weighted by Crippen LogP contribution is -2.45. The van der Waals surface area contributed by atoms with Crippen LogP contribution in [-0.4, -0.2) is 69.6 Å². The lowest BCUT2D eigenvalue weighted by atomic mass is 9.99. The second-order valence-electron chi connectivity index (χ2n) is 7.67. The Morgan fingerprint density at radius 3 is 2.70 bits per heavy atom. The van der Waals surface area contributed by atoms with E-state index in [4.69, 9.17) is 0 Å². The molecular formula is C18H32N4O. The molecule has 0 bridgehead atoms. The summed E-state index contributed by atoms with van der Waals surface area (Å²) >= 11 is 0. The summed E-state index contributed by atoms with van der Waals surface area (Å²) in [6, 6.07) is 0.519. The molecular weight excluding hydrogens is 288 g/mol. The molecule has 1 N–H and O–H groups in total. The fraction of sp³-hybridized carbons (Fsp3) is 0.833. The quantitative estimate of drug-likeness (QED) is 0.867. The van der Waals surface area contributed by atoms with Crippen LogP contribution in [0.5, 0.6) is 0 Å². The molecule has 0 aromatic carbocycles. The zero-order valence-corrected chi connectivity index (χ0v) is 14.7. The van der Waals surface area contributed by atoms with Gasteiger partial charge in [0.1, 0.15) is 0 Å². The summed E-state index contributed by atoms with van der Waals surface area (Å²) in [5.74, 6) is 0.851. The van der Waals surface area contributed by atoms with Crippen molar-refractivity contribution in [3.05, 3.63) is 18.0 Å². The number of nitrogens with zero attached hydrogens (tertiary/aromatic N) is 4. The predicted octanol–water partition coefficient (Wildman–Crippen LogP) is 1.75. The van der Waals surface area contributed by atoms with Crippen LogP contribution in [0.3, 0.4) is 0 Å². The van der Waals surface area contributed by atoms with E-state index >= 15 is 0 Å². The van der Waals surface area contributed by atoms with Gasteiger partial charge < -0.3 is 10.0 Å². The molecule has 3 heterocycles. The molecule has 0 aliphatic carbocycles. The molecule has 2 aliphatic heterocycles. The van der Waals surface area contributed by atoms with Crippen LogP contribution >= 0.6 is 0 Å². The molecule has 23 heavy (non-hydrogen) atoms. The first kappa shape index (κ1) is 16.9. The minimum Gasteiger partial charge on any atom is -0.390 e. The maximum absolute atomic E-state index is 10.5. The lowest BCUT2D eigenvalue weighted by molar-refractivity contribution is 0.0553. The van der Waals surface area contributed by atoms with Gasteiger partial charge in [-0.25, -0.2) is 0 Å². The Labute approximate surface area is 140 Å². The van der Waals surface area contributed by atoms with Gasteiger partial charge in [0.05, 0.1) is 18.8 Å². The summed E-state index contributed by atoms with van der Waals surface area (Å²) in [6.45, 7) is 10.4. The van der Waals surface area contributed by atoms with Gasteiger partial charge in [-0.15, -0.1) is 0 Å². The van der Waals surface area contributed by atoms with Crippen LogP contribution < -0.4 is 0 Å². The number of β-amino-alcohol motifs (C(OH)–C–C–N with tert-alkyl or cyclic N) is 1. The van der Waals surface area contributed by atoms with Crippen LogP contribution in [0.15, 0.2) is 12.4 Å². The number of aromatic nitrogens is 2. The van der Waals surface area contributed by atoms with Gasteiger partial charge in [-0.2, -0.15) is 5.10 Å². The highest BCUT2D eigenvalue weighted by atomic mass is 16.3. The first-order chi connectivity index (χ1) is 11.1. The molecule has 3 rings (SSSR count). The minimum absolute atomic E-state index is 0.233. The molecule has 2 aliphatic rings. The van der Waals surface area contributed by atoms with E-state index in [0.717, 1.165) is 45.2 Å². The summed E-state index contributed by atoms with van der Waals surface area (Å²) in [6.07, 6.45) is 8.80. The van der Waals surface area contributed by atoms with E-state index in [0.29, 0.717) is 6.04 Å². The van der Waals surface area contributed by atoms with Crippen LogP contribution in [0.2, 0.25) is 0 Å². The normalized spacial score (nSPS) is 26.0. The SMILES string of the molecule is Cc1cnn(C[C@H]2CCCN2C[C@H](O)CN2CCC(C)CC2)c1. The summed E-state index contributed by atoms with van der Waals surface area (Å²) in [4.78, 5) is 4.90. The van der Waals surface area contributed by atoms with Crippen LogP contribution in [-0.2, 0) is 6.54 Å². The minimum atomic E-state index is -0.233. The Kier molecular flexibility index (Phi) is 5.72. The molecule has 5 nitrogen and oxygen atoms in total. The Hall–Kier alpha value is -0.910. The highest BCUT2D eigenvalue weighted by Gasteiger charge is 2.27. The highest BCUT2D eigenvalue weighted by molar-refractivity contribution is 5.00. The average molecular weight is 320 g/mol. The number of rotatable bonds is 6. The van der Waals surface area contributed by atoms with Gasteiger partial charge in [-0.1, -0.05) is 6.92 Å². The monoisotopic (exact) mass is 320 g/mol. The standard InChI is InChI=1S/C18H32N4O/c1-15-5-8-20(9-6-15)13-18(23)14-21-7-3-4-17(21)12-22-11-16(2)10-19-22/h10-11,15,17-18,23H,3-9,12-14H2,1-2H3/t17-,18-/m1/s1. The third-order valence-electron chi connectivity index (χ3n) is 5.45. The van der Waals surface area contributed by atoms with Gasteiger partial charge in [0.25, 0.3) is 0 Å². The summed E-state index contributed by atoms with van der Waals surface area (Å²) in [5, 5.41) is 14.9. The topological polar surface area (TPSA) is 44.5 Å². The average Bonchev–Trinajstić information content (AvgIpc) is 3.11.